The Morgan fingerprint density at radius 2 is 2.22 bits per heavy atom. The van der Waals surface area contributed by atoms with E-state index in [0.29, 0.717) is 18.3 Å². The lowest BCUT2D eigenvalue weighted by atomic mass is 9.99. The molecule has 1 atom stereocenters. The highest BCUT2D eigenvalue weighted by atomic mass is 16.1. The number of carbonyl (C=O) groups excluding carboxylic acids is 1. The summed E-state index contributed by atoms with van der Waals surface area (Å²) in [6.45, 7) is 4.99. The van der Waals surface area contributed by atoms with E-state index in [1.165, 1.54) is 19.3 Å². The van der Waals surface area contributed by atoms with Gasteiger partial charge < -0.3 is 15.1 Å². The largest absolute Gasteiger partial charge is 0.367 e. The summed E-state index contributed by atoms with van der Waals surface area (Å²) in [5, 5.41) is 2.93. The van der Waals surface area contributed by atoms with E-state index in [0.717, 1.165) is 31.6 Å². The maximum atomic E-state index is 12.1. The lowest BCUT2D eigenvalue weighted by Crippen LogP contribution is -2.39. The lowest BCUT2D eigenvalue weighted by molar-refractivity contribution is 0.0947. The van der Waals surface area contributed by atoms with Crippen LogP contribution in [0.2, 0.25) is 0 Å². The Bertz CT molecular complexity index is 486. The molecule has 2 heterocycles. The van der Waals surface area contributed by atoms with Gasteiger partial charge in [0, 0.05) is 19.1 Å². The second-order valence-electron chi connectivity index (χ2n) is 6.57. The normalized spacial score (nSPS) is 18.3. The monoisotopic (exact) mass is 318 g/mol. The molecule has 1 aliphatic rings. The molecule has 0 aliphatic carbocycles. The smallest absolute Gasteiger partial charge is 0.269 e. The van der Waals surface area contributed by atoms with Gasteiger partial charge in [-0.2, -0.15) is 0 Å². The van der Waals surface area contributed by atoms with Crippen molar-refractivity contribution in [3.8, 4) is 0 Å². The number of rotatable bonds is 7. The van der Waals surface area contributed by atoms with Gasteiger partial charge in [-0.15, -0.1) is 0 Å². The maximum Gasteiger partial charge on any atom is 0.269 e. The molecular weight excluding hydrogens is 288 g/mol. The molecule has 1 N–H and O–H groups in total. The number of amides is 1. The van der Waals surface area contributed by atoms with E-state index in [-0.39, 0.29) is 5.91 Å². The second kappa shape index (κ2) is 8.87. The van der Waals surface area contributed by atoms with Crippen LogP contribution in [0.4, 0.5) is 5.69 Å². The predicted octanol–water partition coefficient (Wildman–Crippen LogP) is 2.53. The number of carbonyl (C=O) groups is 1. The van der Waals surface area contributed by atoms with Gasteiger partial charge in [-0.05, 0) is 64.9 Å². The van der Waals surface area contributed by atoms with Crippen molar-refractivity contribution in [3.05, 3.63) is 24.0 Å². The topological polar surface area (TPSA) is 48.5 Å². The molecule has 0 aromatic carbocycles. The van der Waals surface area contributed by atoms with Crippen molar-refractivity contribution in [2.24, 2.45) is 0 Å². The van der Waals surface area contributed by atoms with Gasteiger partial charge in [0.1, 0.15) is 5.69 Å². The fraction of sp³-hybridized carbons (Fsp3) is 0.667. The van der Waals surface area contributed by atoms with Crippen LogP contribution in [0.5, 0.6) is 0 Å². The van der Waals surface area contributed by atoms with Gasteiger partial charge in [-0.1, -0.05) is 6.92 Å². The molecule has 1 aromatic heterocycles. The quantitative estimate of drug-likeness (QED) is 0.785. The molecule has 1 fully saturated rings. The Hall–Kier alpha value is -1.62. The predicted molar refractivity (Wildman–Crippen MR) is 95.0 cm³/mol. The first-order chi connectivity index (χ1) is 11.1. The molecule has 5 nitrogen and oxygen atoms in total. The highest BCUT2D eigenvalue weighted by Gasteiger charge is 2.21. The van der Waals surface area contributed by atoms with Crippen molar-refractivity contribution in [2.75, 3.05) is 38.6 Å². The average Bonchev–Trinajstić information content (AvgIpc) is 2.58. The molecule has 0 radical (unpaired) electrons. The van der Waals surface area contributed by atoms with Crippen molar-refractivity contribution in [1.29, 1.82) is 0 Å². The zero-order valence-electron chi connectivity index (χ0n) is 14.7. The molecule has 128 valence electrons. The van der Waals surface area contributed by atoms with Gasteiger partial charge in [0.05, 0.1) is 11.9 Å². The minimum absolute atomic E-state index is 0.0824. The SMILES string of the molecule is CCC1CCCCN1c1ccc(C(=O)NCCCN(C)C)nc1. The van der Waals surface area contributed by atoms with Gasteiger partial charge in [0.2, 0.25) is 0 Å². The Morgan fingerprint density at radius 1 is 1.39 bits per heavy atom. The molecule has 0 spiro atoms. The first-order valence-electron chi connectivity index (χ1n) is 8.77. The van der Waals surface area contributed by atoms with Crippen LogP contribution in [0.25, 0.3) is 0 Å². The first kappa shape index (κ1) is 17.7. The molecular formula is C18H30N4O. The van der Waals surface area contributed by atoms with Crippen LogP contribution in [0.15, 0.2) is 18.3 Å². The minimum Gasteiger partial charge on any atom is -0.367 e. The van der Waals surface area contributed by atoms with Crippen molar-refractivity contribution >= 4 is 11.6 Å². The Kier molecular flexibility index (Phi) is 6.84. The maximum absolute atomic E-state index is 12.1. The summed E-state index contributed by atoms with van der Waals surface area (Å²) in [4.78, 5) is 21.0. The van der Waals surface area contributed by atoms with E-state index in [2.05, 4.69) is 27.0 Å². The molecule has 23 heavy (non-hydrogen) atoms. The Morgan fingerprint density at radius 3 is 2.87 bits per heavy atom. The fourth-order valence-corrected chi connectivity index (χ4v) is 3.14. The van der Waals surface area contributed by atoms with Crippen LogP contribution in [-0.4, -0.2) is 55.6 Å². The summed E-state index contributed by atoms with van der Waals surface area (Å²) >= 11 is 0. The van der Waals surface area contributed by atoms with E-state index in [9.17, 15) is 4.79 Å². The highest BCUT2D eigenvalue weighted by Crippen LogP contribution is 2.25. The van der Waals surface area contributed by atoms with Crippen LogP contribution in [0.1, 0.15) is 49.5 Å². The zero-order valence-corrected chi connectivity index (χ0v) is 14.7. The molecule has 1 unspecified atom stereocenters. The van der Waals surface area contributed by atoms with Crippen molar-refractivity contribution in [2.45, 2.75) is 45.1 Å². The summed E-state index contributed by atoms with van der Waals surface area (Å²) in [5.41, 5.74) is 1.64. The van der Waals surface area contributed by atoms with Crippen molar-refractivity contribution < 1.29 is 4.79 Å². The summed E-state index contributed by atoms with van der Waals surface area (Å²) < 4.78 is 0. The summed E-state index contributed by atoms with van der Waals surface area (Å²) in [6.07, 6.45) is 7.77. The minimum atomic E-state index is -0.0824. The molecule has 5 heteroatoms. The third-order valence-electron chi connectivity index (χ3n) is 4.48. The second-order valence-corrected chi connectivity index (χ2v) is 6.57. The van der Waals surface area contributed by atoms with Crippen LogP contribution in [-0.2, 0) is 0 Å². The molecule has 2 rings (SSSR count). The van der Waals surface area contributed by atoms with Gasteiger partial charge in [0.15, 0.2) is 0 Å². The molecule has 1 aliphatic heterocycles. The highest BCUT2D eigenvalue weighted by molar-refractivity contribution is 5.92. The average molecular weight is 318 g/mol. The standard InChI is InChI=1S/C18H30N4O/c1-4-15-8-5-6-13-22(15)16-9-10-17(20-14-16)18(23)19-11-7-12-21(2)3/h9-10,14-15H,4-8,11-13H2,1-3H3,(H,19,23). The number of nitrogens with zero attached hydrogens (tertiary/aromatic N) is 3. The van der Waals surface area contributed by atoms with E-state index in [1.807, 2.05) is 32.4 Å². The van der Waals surface area contributed by atoms with Crippen molar-refractivity contribution in [1.82, 2.24) is 15.2 Å². The van der Waals surface area contributed by atoms with Gasteiger partial charge in [-0.25, -0.2) is 4.98 Å². The van der Waals surface area contributed by atoms with E-state index in [1.54, 1.807) is 0 Å². The zero-order chi connectivity index (χ0) is 16.7. The summed E-state index contributed by atoms with van der Waals surface area (Å²) in [7, 11) is 4.07. The van der Waals surface area contributed by atoms with Crippen LogP contribution >= 0.6 is 0 Å². The number of pyridine rings is 1. The van der Waals surface area contributed by atoms with Crippen LogP contribution < -0.4 is 10.2 Å². The summed E-state index contributed by atoms with van der Waals surface area (Å²) in [5.74, 6) is -0.0824. The number of aromatic nitrogens is 1. The Balaban J connectivity index is 1.89. The van der Waals surface area contributed by atoms with E-state index in [4.69, 9.17) is 0 Å². The van der Waals surface area contributed by atoms with Gasteiger partial charge in [0.25, 0.3) is 5.91 Å². The molecule has 1 amide bonds. The number of hydrogen-bond acceptors (Lipinski definition) is 4. The first-order valence-corrected chi connectivity index (χ1v) is 8.77. The molecule has 0 saturated carbocycles. The third-order valence-corrected chi connectivity index (χ3v) is 4.48. The van der Waals surface area contributed by atoms with Gasteiger partial charge >= 0.3 is 0 Å². The number of anilines is 1. The molecule has 0 bridgehead atoms. The van der Waals surface area contributed by atoms with Crippen LogP contribution in [0, 0.1) is 0 Å². The molecule has 1 aromatic rings. The number of piperidine rings is 1. The van der Waals surface area contributed by atoms with E-state index < -0.39 is 0 Å². The number of nitrogens with one attached hydrogen (secondary N) is 1. The van der Waals surface area contributed by atoms with Gasteiger partial charge in [-0.3, -0.25) is 4.79 Å². The summed E-state index contributed by atoms with van der Waals surface area (Å²) in [6, 6.07) is 4.49. The van der Waals surface area contributed by atoms with Crippen LogP contribution in [0.3, 0.4) is 0 Å². The lowest BCUT2D eigenvalue weighted by Gasteiger charge is -2.37. The van der Waals surface area contributed by atoms with E-state index >= 15 is 0 Å². The number of hydrogen-bond donors (Lipinski definition) is 1. The third kappa shape index (κ3) is 5.20. The fourth-order valence-electron chi connectivity index (χ4n) is 3.14. The molecule has 1 saturated heterocycles. The Labute approximate surface area is 140 Å². The van der Waals surface area contributed by atoms with Crippen molar-refractivity contribution in [3.63, 3.8) is 0 Å².